The van der Waals surface area contributed by atoms with Crippen molar-refractivity contribution in [1.29, 1.82) is 0 Å². The SMILES string of the molecule is CC1(C)CCC(O)CN1C(=O)O. The van der Waals surface area contributed by atoms with Gasteiger partial charge in [-0.1, -0.05) is 0 Å². The minimum Gasteiger partial charge on any atom is -0.465 e. The lowest BCUT2D eigenvalue weighted by molar-refractivity contribution is 0.00456. The molecule has 0 saturated carbocycles. The third-order valence-corrected chi connectivity index (χ3v) is 2.44. The molecule has 1 aliphatic rings. The predicted octanol–water partition coefficient (Wildman–Crippen LogP) is 0.900. The molecule has 0 aromatic rings. The molecule has 1 atom stereocenters. The number of carboxylic acid groups (broad SMARTS) is 1. The number of hydrogen-bond acceptors (Lipinski definition) is 2. The molecule has 1 unspecified atom stereocenters. The van der Waals surface area contributed by atoms with Crippen LogP contribution in [0.3, 0.4) is 0 Å². The zero-order chi connectivity index (χ0) is 9.35. The van der Waals surface area contributed by atoms with E-state index < -0.39 is 12.2 Å². The largest absolute Gasteiger partial charge is 0.465 e. The summed E-state index contributed by atoms with van der Waals surface area (Å²) in [4.78, 5) is 12.0. The van der Waals surface area contributed by atoms with E-state index in [1.165, 1.54) is 4.90 Å². The number of β-amino-alcohol motifs (C(OH)–C–C–N with tert-alkyl or cyclic N) is 1. The van der Waals surface area contributed by atoms with E-state index in [1.807, 2.05) is 13.8 Å². The summed E-state index contributed by atoms with van der Waals surface area (Å²) >= 11 is 0. The van der Waals surface area contributed by atoms with Crippen molar-refractivity contribution in [3.05, 3.63) is 0 Å². The van der Waals surface area contributed by atoms with Crippen LogP contribution in [0, 0.1) is 0 Å². The van der Waals surface area contributed by atoms with Crippen molar-refractivity contribution in [2.75, 3.05) is 6.54 Å². The molecule has 0 spiro atoms. The Balaban J connectivity index is 2.72. The van der Waals surface area contributed by atoms with Gasteiger partial charge in [-0.3, -0.25) is 0 Å². The molecule has 1 fully saturated rings. The number of piperidine rings is 1. The van der Waals surface area contributed by atoms with Gasteiger partial charge in [0.2, 0.25) is 0 Å². The highest BCUT2D eigenvalue weighted by Gasteiger charge is 2.36. The molecule has 0 radical (unpaired) electrons. The monoisotopic (exact) mass is 173 g/mol. The van der Waals surface area contributed by atoms with Crippen LogP contribution in [0.4, 0.5) is 4.79 Å². The average Bonchev–Trinajstić information content (AvgIpc) is 1.94. The van der Waals surface area contributed by atoms with E-state index in [4.69, 9.17) is 5.11 Å². The molecule has 1 amide bonds. The predicted molar refractivity (Wildman–Crippen MR) is 44.1 cm³/mol. The molecule has 4 nitrogen and oxygen atoms in total. The second-order valence-corrected chi connectivity index (χ2v) is 3.90. The van der Waals surface area contributed by atoms with Gasteiger partial charge >= 0.3 is 6.09 Å². The molecular formula is C8H15NO3. The Hall–Kier alpha value is -0.770. The van der Waals surface area contributed by atoms with E-state index in [1.54, 1.807) is 0 Å². The number of nitrogens with zero attached hydrogens (tertiary/aromatic N) is 1. The molecule has 12 heavy (non-hydrogen) atoms. The molecule has 0 aliphatic carbocycles. The topological polar surface area (TPSA) is 60.8 Å². The molecule has 2 N–H and O–H groups in total. The lowest BCUT2D eigenvalue weighted by atomic mass is 9.90. The first kappa shape index (κ1) is 9.32. The molecule has 1 rings (SSSR count). The third-order valence-electron chi connectivity index (χ3n) is 2.44. The molecule has 1 saturated heterocycles. The fourth-order valence-corrected chi connectivity index (χ4v) is 1.54. The summed E-state index contributed by atoms with van der Waals surface area (Å²) in [6.07, 6.45) is -0.0232. The van der Waals surface area contributed by atoms with Gasteiger partial charge in [-0.15, -0.1) is 0 Å². The third kappa shape index (κ3) is 1.69. The van der Waals surface area contributed by atoms with Crippen molar-refractivity contribution in [2.45, 2.75) is 38.3 Å². The summed E-state index contributed by atoms with van der Waals surface area (Å²) in [5, 5.41) is 18.1. The lowest BCUT2D eigenvalue weighted by Crippen LogP contribution is -2.54. The molecule has 0 aromatic carbocycles. The van der Waals surface area contributed by atoms with Crippen LogP contribution >= 0.6 is 0 Å². The van der Waals surface area contributed by atoms with Gasteiger partial charge < -0.3 is 15.1 Å². The van der Waals surface area contributed by atoms with Crippen molar-refractivity contribution in [3.63, 3.8) is 0 Å². The molecular weight excluding hydrogens is 158 g/mol. The number of amides is 1. The standard InChI is InChI=1S/C8H15NO3/c1-8(2)4-3-6(10)5-9(8)7(11)12/h6,10H,3-5H2,1-2H3,(H,11,12). The Kier molecular flexibility index (Phi) is 2.28. The van der Waals surface area contributed by atoms with Gasteiger partial charge in [0.25, 0.3) is 0 Å². The summed E-state index contributed by atoms with van der Waals surface area (Å²) < 4.78 is 0. The Morgan fingerprint density at radius 1 is 1.58 bits per heavy atom. The zero-order valence-corrected chi connectivity index (χ0v) is 7.45. The van der Waals surface area contributed by atoms with Crippen LogP contribution < -0.4 is 0 Å². The Labute approximate surface area is 71.8 Å². The van der Waals surface area contributed by atoms with E-state index in [0.29, 0.717) is 6.42 Å². The molecule has 70 valence electrons. The normalized spacial score (nSPS) is 28.6. The minimum absolute atomic E-state index is 0.238. The summed E-state index contributed by atoms with van der Waals surface area (Å²) in [5.74, 6) is 0. The van der Waals surface area contributed by atoms with Crippen LogP contribution in [-0.2, 0) is 0 Å². The fraction of sp³-hybridized carbons (Fsp3) is 0.875. The maximum absolute atomic E-state index is 10.7. The highest BCUT2D eigenvalue weighted by atomic mass is 16.4. The molecule has 1 aliphatic heterocycles. The summed E-state index contributed by atoms with van der Waals surface area (Å²) in [5.41, 5.74) is -0.328. The van der Waals surface area contributed by atoms with Gasteiger partial charge in [0, 0.05) is 5.54 Å². The maximum Gasteiger partial charge on any atom is 0.407 e. The van der Waals surface area contributed by atoms with Crippen LogP contribution in [0.5, 0.6) is 0 Å². The molecule has 0 bridgehead atoms. The number of hydrogen-bond donors (Lipinski definition) is 2. The number of carbonyl (C=O) groups is 1. The quantitative estimate of drug-likeness (QED) is 0.572. The number of likely N-dealkylation sites (tertiary alicyclic amines) is 1. The first-order valence-corrected chi connectivity index (χ1v) is 4.12. The maximum atomic E-state index is 10.7. The first-order valence-electron chi connectivity index (χ1n) is 4.12. The van der Waals surface area contributed by atoms with Crippen molar-refractivity contribution >= 4 is 6.09 Å². The van der Waals surface area contributed by atoms with Crippen LogP contribution in [0.15, 0.2) is 0 Å². The number of aliphatic hydroxyl groups excluding tert-OH is 1. The first-order chi connectivity index (χ1) is 5.43. The summed E-state index contributed by atoms with van der Waals surface area (Å²) in [6.45, 7) is 4.00. The van der Waals surface area contributed by atoms with Gasteiger partial charge in [0.15, 0.2) is 0 Å². The lowest BCUT2D eigenvalue weighted by Gasteiger charge is -2.42. The summed E-state index contributed by atoms with van der Waals surface area (Å²) in [7, 11) is 0. The summed E-state index contributed by atoms with van der Waals surface area (Å²) in [6, 6.07) is 0. The Morgan fingerprint density at radius 3 is 2.58 bits per heavy atom. The molecule has 4 heteroatoms. The number of aliphatic hydroxyl groups is 1. The van der Waals surface area contributed by atoms with Crippen LogP contribution in [0.1, 0.15) is 26.7 Å². The van der Waals surface area contributed by atoms with E-state index in [2.05, 4.69) is 0 Å². The van der Waals surface area contributed by atoms with Gasteiger partial charge in [0.05, 0.1) is 12.6 Å². The fourth-order valence-electron chi connectivity index (χ4n) is 1.54. The van der Waals surface area contributed by atoms with Crippen molar-refractivity contribution < 1.29 is 15.0 Å². The van der Waals surface area contributed by atoms with Crippen molar-refractivity contribution in [1.82, 2.24) is 4.90 Å². The number of rotatable bonds is 0. The van der Waals surface area contributed by atoms with Crippen LogP contribution in [-0.4, -0.2) is 39.4 Å². The van der Waals surface area contributed by atoms with Gasteiger partial charge in [-0.05, 0) is 26.7 Å². The second-order valence-electron chi connectivity index (χ2n) is 3.90. The van der Waals surface area contributed by atoms with E-state index in [-0.39, 0.29) is 12.1 Å². The molecule has 1 heterocycles. The Morgan fingerprint density at radius 2 is 2.17 bits per heavy atom. The van der Waals surface area contributed by atoms with Gasteiger partial charge in [-0.2, -0.15) is 0 Å². The highest BCUT2D eigenvalue weighted by molar-refractivity contribution is 5.66. The smallest absolute Gasteiger partial charge is 0.407 e. The zero-order valence-electron chi connectivity index (χ0n) is 7.45. The van der Waals surface area contributed by atoms with Crippen molar-refractivity contribution in [3.8, 4) is 0 Å². The van der Waals surface area contributed by atoms with Gasteiger partial charge in [0.1, 0.15) is 0 Å². The second kappa shape index (κ2) is 2.94. The molecule has 0 aromatic heterocycles. The average molecular weight is 173 g/mol. The highest BCUT2D eigenvalue weighted by Crippen LogP contribution is 2.27. The van der Waals surface area contributed by atoms with Crippen LogP contribution in [0.25, 0.3) is 0 Å². The minimum atomic E-state index is -0.946. The van der Waals surface area contributed by atoms with E-state index in [0.717, 1.165) is 6.42 Å². The van der Waals surface area contributed by atoms with Crippen molar-refractivity contribution in [2.24, 2.45) is 0 Å². The van der Waals surface area contributed by atoms with Crippen LogP contribution in [0.2, 0.25) is 0 Å². The van der Waals surface area contributed by atoms with Gasteiger partial charge in [-0.25, -0.2) is 4.79 Å². The van der Waals surface area contributed by atoms with E-state index in [9.17, 15) is 9.90 Å². The van der Waals surface area contributed by atoms with E-state index >= 15 is 0 Å². The Bertz CT molecular complexity index is 191.